The van der Waals surface area contributed by atoms with Crippen LogP contribution in [0.1, 0.15) is 28.7 Å². The van der Waals surface area contributed by atoms with Crippen LogP contribution < -0.4 is 5.32 Å². The van der Waals surface area contributed by atoms with Crippen molar-refractivity contribution in [1.29, 1.82) is 5.41 Å². The number of hydrogen-bond donors (Lipinski definition) is 3. The number of H-pyrrole nitrogens is 1. The predicted octanol–water partition coefficient (Wildman–Crippen LogP) is 3.13. The lowest BCUT2D eigenvalue weighted by Gasteiger charge is -2.06. The lowest BCUT2D eigenvalue weighted by molar-refractivity contribution is 0.102. The van der Waals surface area contributed by atoms with Crippen LogP contribution in [-0.2, 0) is 6.42 Å². The molecule has 1 amide bonds. The number of carbonyl (C=O) groups is 1. The molecular weight excluding hydrogens is 336 g/mol. The fourth-order valence-electron chi connectivity index (χ4n) is 2.04. The molecule has 0 bridgehead atoms. The fraction of sp³-hybridized carbons (Fsp3) is 0.118. The molecule has 2 heterocycles. The second kappa shape index (κ2) is 7.71. The molecule has 3 rings (SSSR count). The number of aryl methyl sites for hydroxylation is 1. The van der Waals surface area contributed by atoms with Crippen molar-refractivity contribution in [2.45, 2.75) is 18.5 Å². The van der Waals surface area contributed by atoms with Gasteiger partial charge in [-0.15, -0.1) is 5.10 Å². The monoisotopic (exact) mass is 352 g/mol. The normalized spacial score (nSPS) is 10.4. The van der Waals surface area contributed by atoms with Gasteiger partial charge in [-0.05, 0) is 36.0 Å². The summed E-state index contributed by atoms with van der Waals surface area (Å²) in [6.07, 6.45) is 3.90. The number of rotatable bonds is 5. The van der Waals surface area contributed by atoms with Gasteiger partial charge >= 0.3 is 0 Å². The molecule has 1 aromatic carbocycles. The van der Waals surface area contributed by atoms with Gasteiger partial charge in [0.1, 0.15) is 10.9 Å². The van der Waals surface area contributed by atoms with E-state index in [1.54, 1.807) is 42.6 Å². The van der Waals surface area contributed by atoms with Crippen LogP contribution in [0.3, 0.4) is 0 Å². The Bertz CT molecular complexity index is 876. The van der Waals surface area contributed by atoms with Crippen LogP contribution in [0.4, 0.5) is 5.69 Å². The standard InChI is InChI=1S/C17H16N6OS/c1-2-14-21-17(23-22-14)25-15(18)11-5-7-13(8-6-11)20-16(24)12-4-3-9-19-10-12/h3-10,18H,2H2,1H3,(H,20,24)(H,21,22,23). The van der Waals surface area contributed by atoms with Crippen LogP contribution in [0.2, 0.25) is 0 Å². The van der Waals surface area contributed by atoms with Crippen LogP contribution in [0.15, 0.2) is 53.9 Å². The van der Waals surface area contributed by atoms with E-state index in [0.717, 1.165) is 17.8 Å². The van der Waals surface area contributed by atoms with Gasteiger partial charge in [0.2, 0.25) is 5.16 Å². The van der Waals surface area contributed by atoms with E-state index in [9.17, 15) is 4.79 Å². The molecule has 0 aliphatic carbocycles. The summed E-state index contributed by atoms with van der Waals surface area (Å²) in [5, 5.41) is 18.7. The molecule has 2 aromatic heterocycles. The minimum Gasteiger partial charge on any atom is -0.322 e. The van der Waals surface area contributed by atoms with Gasteiger partial charge in [-0.3, -0.25) is 20.3 Å². The average Bonchev–Trinajstić information content (AvgIpc) is 3.10. The van der Waals surface area contributed by atoms with Crippen LogP contribution in [0.5, 0.6) is 0 Å². The summed E-state index contributed by atoms with van der Waals surface area (Å²) in [4.78, 5) is 20.3. The Balaban J connectivity index is 1.63. The SMILES string of the molecule is CCc1nc(SC(=N)c2ccc(NC(=O)c3cccnc3)cc2)n[nH]1. The first-order valence-corrected chi connectivity index (χ1v) is 8.47. The molecule has 0 saturated carbocycles. The Morgan fingerprint density at radius 1 is 1.24 bits per heavy atom. The molecule has 0 aliphatic heterocycles. The van der Waals surface area contributed by atoms with Crippen molar-refractivity contribution in [3.05, 3.63) is 65.7 Å². The van der Waals surface area contributed by atoms with E-state index < -0.39 is 0 Å². The summed E-state index contributed by atoms with van der Waals surface area (Å²) >= 11 is 1.18. The number of carbonyl (C=O) groups excluding carboxylic acids is 1. The third kappa shape index (κ3) is 4.30. The largest absolute Gasteiger partial charge is 0.322 e. The third-order valence-electron chi connectivity index (χ3n) is 3.37. The molecule has 8 heteroatoms. The van der Waals surface area contributed by atoms with Gasteiger partial charge in [0.15, 0.2) is 0 Å². The number of benzene rings is 1. The zero-order valence-electron chi connectivity index (χ0n) is 13.5. The van der Waals surface area contributed by atoms with Crippen LogP contribution in [0, 0.1) is 5.41 Å². The summed E-state index contributed by atoms with van der Waals surface area (Å²) in [6, 6.07) is 10.5. The maximum absolute atomic E-state index is 12.1. The van der Waals surface area contributed by atoms with Crippen molar-refractivity contribution in [2.24, 2.45) is 0 Å². The van der Waals surface area contributed by atoms with E-state index in [-0.39, 0.29) is 5.91 Å². The van der Waals surface area contributed by atoms with Crippen molar-refractivity contribution >= 4 is 28.4 Å². The Hall–Kier alpha value is -3.00. The number of pyridine rings is 1. The van der Waals surface area contributed by atoms with Gasteiger partial charge in [-0.1, -0.05) is 19.1 Å². The van der Waals surface area contributed by atoms with Crippen molar-refractivity contribution in [3.8, 4) is 0 Å². The molecule has 0 unspecified atom stereocenters. The van der Waals surface area contributed by atoms with Crippen molar-refractivity contribution in [1.82, 2.24) is 20.2 Å². The van der Waals surface area contributed by atoms with Crippen molar-refractivity contribution < 1.29 is 4.79 Å². The Kier molecular flexibility index (Phi) is 5.20. The molecule has 7 nitrogen and oxygen atoms in total. The number of thioether (sulfide) groups is 1. The number of nitrogens with one attached hydrogen (secondary N) is 3. The summed E-state index contributed by atoms with van der Waals surface area (Å²) in [6.45, 7) is 1.98. The fourth-order valence-corrected chi connectivity index (χ4v) is 2.72. The molecule has 0 atom stereocenters. The topological polar surface area (TPSA) is 107 Å². The van der Waals surface area contributed by atoms with E-state index in [1.807, 2.05) is 6.92 Å². The number of aromatic amines is 1. The summed E-state index contributed by atoms with van der Waals surface area (Å²) in [5.74, 6) is 0.571. The summed E-state index contributed by atoms with van der Waals surface area (Å²) < 4.78 is 0. The number of hydrogen-bond acceptors (Lipinski definition) is 6. The Morgan fingerprint density at radius 2 is 2.04 bits per heavy atom. The highest BCUT2D eigenvalue weighted by Crippen LogP contribution is 2.20. The predicted molar refractivity (Wildman–Crippen MR) is 97.1 cm³/mol. The van der Waals surface area contributed by atoms with E-state index in [1.165, 1.54) is 18.0 Å². The van der Waals surface area contributed by atoms with Crippen LogP contribution >= 0.6 is 11.8 Å². The van der Waals surface area contributed by atoms with Gasteiger partial charge in [0.05, 0.1) is 5.56 Å². The second-order valence-electron chi connectivity index (χ2n) is 5.12. The van der Waals surface area contributed by atoms with E-state index in [4.69, 9.17) is 5.41 Å². The van der Waals surface area contributed by atoms with Crippen molar-refractivity contribution in [2.75, 3.05) is 5.32 Å². The van der Waals surface area contributed by atoms with Gasteiger partial charge in [-0.2, -0.15) is 0 Å². The molecule has 3 N–H and O–H groups in total. The third-order valence-corrected chi connectivity index (χ3v) is 4.17. The highest BCUT2D eigenvalue weighted by molar-refractivity contribution is 8.14. The average molecular weight is 352 g/mol. The molecule has 126 valence electrons. The summed E-state index contributed by atoms with van der Waals surface area (Å²) in [5.41, 5.74) is 1.88. The van der Waals surface area contributed by atoms with E-state index >= 15 is 0 Å². The molecule has 3 aromatic rings. The molecule has 25 heavy (non-hydrogen) atoms. The molecule has 0 spiro atoms. The minimum atomic E-state index is -0.224. The maximum atomic E-state index is 12.1. The maximum Gasteiger partial charge on any atom is 0.257 e. The number of amides is 1. The second-order valence-corrected chi connectivity index (χ2v) is 6.10. The first kappa shape index (κ1) is 16.8. The number of nitrogens with zero attached hydrogens (tertiary/aromatic N) is 3. The highest BCUT2D eigenvalue weighted by atomic mass is 32.2. The minimum absolute atomic E-state index is 0.224. The zero-order valence-corrected chi connectivity index (χ0v) is 14.3. The number of anilines is 1. The molecule has 0 aliphatic rings. The van der Waals surface area contributed by atoms with Gasteiger partial charge in [0.25, 0.3) is 5.91 Å². The van der Waals surface area contributed by atoms with Crippen LogP contribution in [0.25, 0.3) is 0 Å². The van der Waals surface area contributed by atoms with Crippen molar-refractivity contribution in [3.63, 3.8) is 0 Å². The van der Waals surface area contributed by atoms with Crippen LogP contribution in [-0.4, -0.2) is 31.1 Å². The zero-order chi connectivity index (χ0) is 17.6. The first-order valence-electron chi connectivity index (χ1n) is 7.65. The quantitative estimate of drug-likeness (QED) is 0.371. The molecule has 0 radical (unpaired) electrons. The molecule has 0 saturated heterocycles. The van der Waals surface area contributed by atoms with E-state index in [2.05, 4.69) is 25.5 Å². The number of aromatic nitrogens is 4. The molecule has 0 fully saturated rings. The molecular formula is C17H16N6OS. The van der Waals surface area contributed by atoms with E-state index in [0.29, 0.717) is 21.5 Å². The lowest BCUT2D eigenvalue weighted by Crippen LogP contribution is -2.12. The van der Waals surface area contributed by atoms with Gasteiger partial charge < -0.3 is 5.32 Å². The van der Waals surface area contributed by atoms with Gasteiger partial charge in [-0.25, -0.2) is 4.98 Å². The highest BCUT2D eigenvalue weighted by Gasteiger charge is 2.10. The summed E-state index contributed by atoms with van der Waals surface area (Å²) in [7, 11) is 0. The first-order chi connectivity index (χ1) is 12.2. The lowest BCUT2D eigenvalue weighted by atomic mass is 10.2. The Morgan fingerprint density at radius 3 is 2.68 bits per heavy atom. The smallest absolute Gasteiger partial charge is 0.257 e. The van der Waals surface area contributed by atoms with Gasteiger partial charge in [0, 0.05) is 30.1 Å². The Labute approximate surface area is 148 Å².